The zero-order chi connectivity index (χ0) is 16.3. The van der Waals surface area contributed by atoms with Crippen LogP contribution < -0.4 is 4.74 Å². The molecule has 2 aromatic rings. The van der Waals surface area contributed by atoms with Gasteiger partial charge in [0.1, 0.15) is 17.2 Å². The number of phenolic OH excluding ortho intramolecular Hbond substituents is 1. The van der Waals surface area contributed by atoms with Gasteiger partial charge in [-0.1, -0.05) is 0 Å². The number of aliphatic imine (C=N–C) groups is 1. The monoisotopic (exact) mass is 300 g/mol. The van der Waals surface area contributed by atoms with Gasteiger partial charge in [0.05, 0.1) is 18.7 Å². The fraction of sp³-hybridized carbons (Fsp3) is 0.294. The van der Waals surface area contributed by atoms with Gasteiger partial charge in [0.25, 0.3) is 0 Å². The van der Waals surface area contributed by atoms with E-state index in [4.69, 9.17) is 4.74 Å². The van der Waals surface area contributed by atoms with Gasteiger partial charge in [0.2, 0.25) is 5.78 Å². The number of aromatic hydroxyl groups is 1. The van der Waals surface area contributed by atoms with E-state index in [2.05, 4.69) is 4.99 Å². The number of benzene rings is 1. The fourth-order valence-electron chi connectivity index (χ4n) is 2.53. The van der Waals surface area contributed by atoms with E-state index < -0.39 is 0 Å². The number of hydrogen-bond acceptors (Lipinski definition) is 4. The van der Waals surface area contributed by atoms with Gasteiger partial charge in [-0.3, -0.25) is 9.79 Å². The molecule has 116 valence electrons. The normalized spacial score (nSPS) is 13.0. The fourth-order valence-corrected chi connectivity index (χ4v) is 2.53. The third-order valence-corrected chi connectivity index (χ3v) is 3.71. The lowest BCUT2D eigenvalue weighted by Gasteiger charge is -2.18. The number of Topliss-reactive ketones (excluding diaryl/α,β-unsaturated/α-hetero) is 1. The summed E-state index contributed by atoms with van der Waals surface area (Å²) < 4.78 is 7.19. The number of carbonyl (C=O) groups excluding carboxylic acids is 1. The van der Waals surface area contributed by atoms with E-state index in [9.17, 15) is 9.90 Å². The molecule has 0 amide bonds. The second-order valence-corrected chi connectivity index (χ2v) is 5.06. The van der Waals surface area contributed by atoms with Crippen LogP contribution in [0.2, 0.25) is 0 Å². The lowest BCUT2D eigenvalue weighted by molar-refractivity contribution is 0.105. The number of carbonyl (C=O) groups is 1. The highest BCUT2D eigenvalue weighted by Gasteiger charge is 2.24. The zero-order valence-electron chi connectivity index (χ0n) is 13.2. The summed E-state index contributed by atoms with van der Waals surface area (Å²) >= 11 is 0. The predicted molar refractivity (Wildman–Crippen MR) is 86.2 cm³/mol. The summed E-state index contributed by atoms with van der Waals surface area (Å²) in [5.41, 5.74) is 1.87. The van der Waals surface area contributed by atoms with Crippen molar-refractivity contribution in [2.75, 3.05) is 14.2 Å². The van der Waals surface area contributed by atoms with Crippen LogP contribution in [-0.4, -0.2) is 35.3 Å². The van der Waals surface area contributed by atoms with E-state index in [0.29, 0.717) is 17.0 Å². The summed E-state index contributed by atoms with van der Waals surface area (Å²) in [5.74, 6) is 0.181. The third kappa shape index (κ3) is 2.88. The molecule has 0 aliphatic carbocycles. The third-order valence-electron chi connectivity index (χ3n) is 3.71. The maximum absolute atomic E-state index is 12.8. The van der Waals surface area contributed by atoms with Crippen LogP contribution >= 0.6 is 0 Å². The van der Waals surface area contributed by atoms with Gasteiger partial charge in [-0.25, -0.2) is 0 Å². The molecular weight excluding hydrogens is 280 g/mol. The van der Waals surface area contributed by atoms with Gasteiger partial charge in [-0.05, 0) is 38.1 Å². The summed E-state index contributed by atoms with van der Waals surface area (Å²) in [5, 5.41) is 9.52. The first-order chi connectivity index (χ1) is 10.5. The van der Waals surface area contributed by atoms with Crippen molar-refractivity contribution in [3.63, 3.8) is 0 Å². The largest absolute Gasteiger partial charge is 0.508 e. The number of aryl methyl sites for hydroxylation is 1. The Morgan fingerprint density at radius 1 is 1.36 bits per heavy atom. The Labute approximate surface area is 129 Å². The van der Waals surface area contributed by atoms with Crippen LogP contribution in [0.5, 0.6) is 11.5 Å². The average Bonchev–Trinajstić information content (AvgIpc) is 2.93. The van der Waals surface area contributed by atoms with E-state index in [1.165, 1.54) is 19.2 Å². The molecular formula is C17H20N2O3. The van der Waals surface area contributed by atoms with Crippen LogP contribution in [0.4, 0.5) is 0 Å². The second-order valence-electron chi connectivity index (χ2n) is 5.06. The number of ketones is 1. The van der Waals surface area contributed by atoms with Crippen molar-refractivity contribution in [3.05, 3.63) is 47.8 Å². The van der Waals surface area contributed by atoms with E-state index in [1.54, 1.807) is 13.1 Å². The minimum atomic E-state index is -0.208. The van der Waals surface area contributed by atoms with E-state index >= 15 is 0 Å². The number of phenols is 1. The first-order valence-electron chi connectivity index (χ1n) is 7.01. The molecule has 0 aliphatic rings. The minimum Gasteiger partial charge on any atom is -0.508 e. The Balaban J connectivity index is 2.40. The Hall–Kier alpha value is -2.56. The molecule has 1 aromatic carbocycles. The van der Waals surface area contributed by atoms with Gasteiger partial charge in [0, 0.05) is 25.0 Å². The topological polar surface area (TPSA) is 63.8 Å². The Bertz CT molecular complexity index is 716. The highest BCUT2D eigenvalue weighted by atomic mass is 16.5. The highest BCUT2D eigenvalue weighted by Crippen LogP contribution is 2.26. The molecule has 1 unspecified atom stereocenters. The molecule has 22 heavy (non-hydrogen) atoms. The maximum Gasteiger partial charge on any atom is 0.212 e. The van der Waals surface area contributed by atoms with Gasteiger partial charge in [0.15, 0.2) is 0 Å². The summed E-state index contributed by atoms with van der Waals surface area (Å²) in [7, 11) is 3.07. The second kappa shape index (κ2) is 6.47. The molecule has 1 N–H and O–H groups in total. The number of hydrogen-bond donors (Lipinski definition) is 1. The quantitative estimate of drug-likeness (QED) is 0.682. The van der Waals surface area contributed by atoms with Crippen LogP contribution in [0.15, 0.2) is 41.5 Å². The van der Waals surface area contributed by atoms with Crippen molar-refractivity contribution < 1.29 is 14.6 Å². The van der Waals surface area contributed by atoms with Crippen molar-refractivity contribution in [2.24, 2.45) is 4.99 Å². The lowest BCUT2D eigenvalue weighted by atomic mass is 10.0. The van der Waals surface area contributed by atoms with Gasteiger partial charge in [-0.2, -0.15) is 0 Å². The van der Waals surface area contributed by atoms with Crippen molar-refractivity contribution in [2.45, 2.75) is 19.9 Å². The zero-order valence-corrected chi connectivity index (χ0v) is 13.2. The highest BCUT2D eigenvalue weighted by molar-refractivity contribution is 6.47. The van der Waals surface area contributed by atoms with Crippen molar-refractivity contribution in [1.29, 1.82) is 0 Å². The first-order valence-corrected chi connectivity index (χ1v) is 7.01. The molecule has 1 atom stereocenters. The van der Waals surface area contributed by atoms with Crippen molar-refractivity contribution in [1.82, 2.24) is 4.57 Å². The van der Waals surface area contributed by atoms with Crippen LogP contribution in [-0.2, 0) is 0 Å². The van der Waals surface area contributed by atoms with E-state index in [1.807, 2.05) is 36.7 Å². The predicted octanol–water partition coefficient (Wildman–Crippen LogP) is 3.03. The molecule has 1 heterocycles. The van der Waals surface area contributed by atoms with Crippen LogP contribution in [0.1, 0.15) is 29.0 Å². The average molecular weight is 300 g/mol. The van der Waals surface area contributed by atoms with Crippen LogP contribution in [0.25, 0.3) is 0 Å². The van der Waals surface area contributed by atoms with Gasteiger partial charge in [-0.15, -0.1) is 0 Å². The Morgan fingerprint density at radius 3 is 2.64 bits per heavy atom. The minimum absolute atomic E-state index is 0.0534. The van der Waals surface area contributed by atoms with Crippen LogP contribution in [0, 0.1) is 6.92 Å². The molecule has 0 saturated heterocycles. The first kappa shape index (κ1) is 15.8. The Morgan fingerprint density at radius 2 is 2.09 bits per heavy atom. The summed E-state index contributed by atoms with van der Waals surface area (Å²) in [6.45, 7) is 3.91. The molecule has 0 radical (unpaired) electrons. The molecule has 2 rings (SSSR count). The number of methoxy groups -OCH3 is 1. The lowest BCUT2D eigenvalue weighted by Crippen LogP contribution is -2.25. The molecule has 0 fully saturated rings. The number of ether oxygens (including phenoxy) is 1. The molecule has 0 aliphatic heterocycles. The molecule has 1 aromatic heterocycles. The number of nitrogens with zero attached hydrogens (tertiary/aromatic N) is 2. The Kier molecular flexibility index (Phi) is 4.65. The molecule has 0 bridgehead atoms. The molecule has 0 spiro atoms. The van der Waals surface area contributed by atoms with Gasteiger partial charge >= 0.3 is 0 Å². The summed E-state index contributed by atoms with van der Waals surface area (Å²) in [4.78, 5) is 17.0. The van der Waals surface area contributed by atoms with Crippen molar-refractivity contribution >= 4 is 11.5 Å². The standard InChI is InChI=1S/C17H20N2O3/c1-11-6-5-9-19(11)12(2)16(18-3)17(21)14-8-7-13(20)10-15(14)22-4/h5-10,12,20H,1-4H3. The molecule has 0 saturated carbocycles. The number of rotatable bonds is 5. The molecule has 5 nitrogen and oxygen atoms in total. The smallest absolute Gasteiger partial charge is 0.212 e. The van der Waals surface area contributed by atoms with E-state index in [-0.39, 0.29) is 17.6 Å². The summed E-state index contributed by atoms with van der Waals surface area (Å²) in [6.07, 6.45) is 1.92. The summed E-state index contributed by atoms with van der Waals surface area (Å²) in [6, 6.07) is 8.17. The van der Waals surface area contributed by atoms with Crippen LogP contribution in [0.3, 0.4) is 0 Å². The van der Waals surface area contributed by atoms with Crippen molar-refractivity contribution in [3.8, 4) is 11.5 Å². The SMILES string of the molecule is CN=C(C(=O)c1ccc(O)cc1OC)C(C)n1cccc1C. The maximum atomic E-state index is 12.8. The van der Waals surface area contributed by atoms with Gasteiger partial charge < -0.3 is 14.4 Å². The van der Waals surface area contributed by atoms with E-state index in [0.717, 1.165) is 5.69 Å². The number of aromatic nitrogens is 1. The molecule has 5 heteroatoms.